The van der Waals surface area contributed by atoms with Gasteiger partial charge >= 0.3 is 0 Å². The van der Waals surface area contributed by atoms with E-state index in [-0.39, 0.29) is 0 Å². The molecule has 0 bridgehead atoms. The summed E-state index contributed by atoms with van der Waals surface area (Å²) in [5.41, 5.74) is 6.96. The van der Waals surface area contributed by atoms with E-state index in [2.05, 4.69) is 17.1 Å². The summed E-state index contributed by atoms with van der Waals surface area (Å²) < 4.78 is 10.8. The molecule has 1 aliphatic carbocycles. The molecule has 2 aromatic heterocycles. The minimum atomic E-state index is -0.483. The molecule has 1 fully saturated rings. The lowest BCUT2D eigenvalue weighted by molar-refractivity contribution is 0.183. The number of aromatic nitrogens is 2. The number of furan rings is 1. The van der Waals surface area contributed by atoms with Gasteiger partial charge in [-0.1, -0.05) is 24.9 Å². The summed E-state index contributed by atoms with van der Waals surface area (Å²) in [5.74, 6) is 2.27. The Bertz CT molecular complexity index is 575. The molecular weight excluding hydrogens is 242 g/mol. The van der Waals surface area contributed by atoms with Crippen molar-refractivity contribution in [2.24, 2.45) is 11.7 Å². The van der Waals surface area contributed by atoms with Gasteiger partial charge in [0.25, 0.3) is 0 Å². The van der Waals surface area contributed by atoms with E-state index in [0.29, 0.717) is 23.4 Å². The third-order valence-corrected chi connectivity index (χ3v) is 3.95. The summed E-state index contributed by atoms with van der Waals surface area (Å²) >= 11 is 0. The van der Waals surface area contributed by atoms with E-state index in [1.165, 1.54) is 6.42 Å². The van der Waals surface area contributed by atoms with Crippen LogP contribution in [-0.2, 0) is 5.54 Å². The minimum absolute atomic E-state index is 0.483. The first-order chi connectivity index (χ1) is 9.08. The van der Waals surface area contributed by atoms with Crippen molar-refractivity contribution in [1.82, 2.24) is 10.1 Å². The molecule has 0 radical (unpaired) electrons. The number of rotatable bonds is 2. The van der Waals surface area contributed by atoms with Crippen molar-refractivity contribution in [2.45, 2.75) is 45.1 Å². The van der Waals surface area contributed by atoms with E-state index in [4.69, 9.17) is 14.7 Å². The fourth-order valence-electron chi connectivity index (χ4n) is 2.91. The van der Waals surface area contributed by atoms with Gasteiger partial charge in [0.15, 0.2) is 5.76 Å². The molecule has 1 saturated carbocycles. The second-order valence-electron chi connectivity index (χ2n) is 5.71. The standard InChI is InChI=1S/C14H19N3O2/c1-9-4-3-6-14(15,8-9)13-16-12(17-19-13)11-10(2)5-7-18-11/h5,7,9H,3-4,6,8,15H2,1-2H3. The summed E-state index contributed by atoms with van der Waals surface area (Å²) in [6, 6.07) is 1.88. The van der Waals surface area contributed by atoms with Crippen LogP contribution in [0.15, 0.2) is 21.3 Å². The summed E-state index contributed by atoms with van der Waals surface area (Å²) in [5, 5.41) is 4.01. The fraction of sp³-hybridized carbons (Fsp3) is 0.571. The predicted molar refractivity (Wildman–Crippen MR) is 70.2 cm³/mol. The molecule has 102 valence electrons. The molecule has 1 aliphatic rings. The van der Waals surface area contributed by atoms with Crippen molar-refractivity contribution in [3.63, 3.8) is 0 Å². The number of nitrogens with two attached hydrogens (primary N) is 1. The smallest absolute Gasteiger partial charge is 0.247 e. The zero-order valence-corrected chi connectivity index (χ0v) is 11.3. The predicted octanol–water partition coefficient (Wildman–Crippen LogP) is 3.00. The van der Waals surface area contributed by atoms with Crippen LogP contribution in [0, 0.1) is 12.8 Å². The first kappa shape index (κ1) is 12.4. The molecule has 0 amide bonds. The van der Waals surface area contributed by atoms with Gasteiger partial charge in [0.1, 0.15) is 0 Å². The van der Waals surface area contributed by atoms with Gasteiger partial charge in [-0.2, -0.15) is 4.98 Å². The van der Waals surface area contributed by atoms with Gasteiger partial charge in [-0.15, -0.1) is 0 Å². The maximum atomic E-state index is 6.45. The highest BCUT2D eigenvalue weighted by atomic mass is 16.5. The minimum Gasteiger partial charge on any atom is -0.461 e. The zero-order valence-electron chi connectivity index (χ0n) is 11.3. The van der Waals surface area contributed by atoms with Crippen molar-refractivity contribution in [2.75, 3.05) is 0 Å². The van der Waals surface area contributed by atoms with Crippen LogP contribution < -0.4 is 5.73 Å². The van der Waals surface area contributed by atoms with E-state index < -0.39 is 5.54 Å². The van der Waals surface area contributed by atoms with Gasteiger partial charge in [-0.25, -0.2) is 0 Å². The summed E-state index contributed by atoms with van der Waals surface area (Å²) in [6.45, 7) is 4.17. The maximum absolute atomic E-state index is 6.45. The molecule has 2 N–H and O–H groups in total. The second kappa shape index (κ2) is 4.49. The highest BCUT2D eigenvalue weighted by molar-refractivity contribution is 5.51. The van der Waals surface area contributed by atoms with Crippen LogP contribution in [0.25, 0.3) is 11.6 Å². The van der Waals surface area contributed by atoms with Crippen LogP contribution in [0.1, 0.15) is 44.1 Å². The van der Waals surface area contributed by atoms with E-state index in [1.807, 2.05) is 13.0 Å². The van der Waals surface area contributed by atoms with E-state index >= 15 is 0 Å². The van der Waals surface area contributed by atoms with Crippen LogP contribution in [0.3, 0.4) is 0 Å². The molecule has 2 heterocycles. The van der Waals surface area contributed by atoms with Gasteiger partial charge < -0.3 is 14.7 Å². The molecule has 3 rings (SSSR count). The number of nitrogens with zero attached hydrogens (tertiary/aromatic N) is 2. The van der Waals surface area contributed by atoms with Crippen LogP contribution in [-0.4, -0.2) is 10.1 Å². The highest BCUT2D eigenvalue weighted by Crippen LogP contribution is 2.37. The monoisotopic (exact) mass is 261 g/mol. The topological polar surface area (TPSA) is 78.1 Å². The van der Waals surface area contributed by atoms with Crippen LogP contribution in [0.2, 0.25) is 0 Å². The first-order valence-electron chi connectivity index (χ1n) is 6.76. The van der Waals surface area contributed by atoms with Crippen molar-refractivity contribution >= 4 is 0 Å². The van der Waals surface area contributed by atoms with E-state index in [0.717, 1.165) is 24.8 Å². The molecule has 2 atom stereocenters. The third kappa shape index (κ3) is 2.18. The highest BCUT2D eigenvalue weighted by Gasteiger charge is 2.38. The average Bonchev–Trinajstić information content (AvgIpc) is 2.96. The van der Waals surface area contributed by atoms with E-state index in [1.54, 1.807) is 6.26 Å². The molecule has 2 aromatic rings. The normalized spacial score (nSPS) is 27.6. The molecular formula is C14H19N3O2. The van der Waals surface area contributed by atoms with Gasteiger partial charge in [0.2, 0.25) is 11.7 Å². The Labute approximate surface area is 112 Å². The van der Waals surface area contributed by atoms with Crippen molar-refractivity contribution in [1.29, 1.82) is 0 Å². The quantitative estimate of drug-likeness (QED) is 0.899. The second-order valence-corrected chi connectivity index (χ2v) is 5.71. The Morgan fingerprint density at radius 1 is 1.47 bits per heavy atom. The number of hydrogen-bond acceptors (Lipinski definition) is 5. The lowest BCUT2D eigenvalue weighted by Crippen LogP contribution is -2.41. The molecule has 19 heavy (non-hydrogen) atoms. The van der Waals surface area contributed by atoms with Crippen LogP contribution >= 0.6 is 0 Å². The molecule has 0 aliphatic heterocycles. The summed E-state index contributed by atoms with van der Waals surface area (Å²) in [4.78, 5) is 4.45. The Balaban J connectivity index is 1.91. The number of hydrogen-bond donors (Lipinski definition) is 1. The van der Waals surface area contributed by atoms with Crippen LogP contribution in [0.5, 0.6) is 0 Å². The number of aryl methyl sites for hydroxylation is 1. The first-order valence-corrected chi connectivity index (χ1v) is 6.76. The molecule has 0 saturated heterocycles. The maximum Gasteiger partial charge on any atom is 0.247 e. The Morgan fingerprint density at radius 2 is 2.32 bits per heavy atom. The Morgan fingerprint density at radius 3 is 3.00 bits per heavy atom. The van der Waals surface area contributed by atoms with E-state index in [9.17, 15) is 0 Å². The molecule has 0 spiro atoms. The van der Waals surface area contributed by atoms with Gasteiger partial charge in [0, 0.05) is 0 Å². The molecule has 0 aromatic carbocycles. The summed E-state index contributed by atoms with van der Waals surface area (Å²) in [7, 11) is 0. The fourth-order valence-corrected chi connectivity index (χ4v) is 2.91. The van der Waals surface area contributed by atoms with Crippen LogP contribution in [0.4, 0.5) is 0 Å². The molecule has 2 unspecified atom stereocenters. The van der Waals surface area contributed by atoms with Gasteiger partial charge in [-0.05, 0) is 37.3 Å². The molecule has 5 nitrogen and oxygen atoms in total. The van der Waals surface area contributed by atoms with Crippen molar-refractivity contribution in [3.8, 4) is 11.6 Å². The van der Waals surface area contributed by atoms with Crippen molar-refractivity contribution < 1.29 is 8.94 Å². The van der Waals surface area contributed by atoms with Gasteiger partial charge in [0.05, 0.1) is 11.8 Å². The average molecular weight is 261 g/mol. The SMILES string of the molecule is Cc1ccoc1-c1noc(C2(N)CCCC(C)C2)n1. The summed E-state index contributed by atoms with van der Waals surface area (Å²) in [6.07, 6.45) is 5.75. The third-order valence-electron chi connectivity index (χ3n) is 3.95. The van der Waals surface area contributed by atoms with Crippen molar-refractivity contribution in [3.05, 3.63) is 23.8 Å². The largest absolute Gasteiger partial charge is 0.461 e. The molecule has 5 heteroatoms. The lowest BCUT2D eigenvalue weighted by atomic mass is 9.77. The zero-order chi connectivity index (χ0) is 13.5. The lowest BCUT2D eigenvalue weighted by Gasteiger charge is -2.33. The Hall–Kier alpha value is -1.62. The van der Waals surface area contributed by atoms with Gasteiger partial charge in [-0.3, -0.25) is 0 Å². The Kier molecular flexibility index (Phi) is 2.93.